The molecule has 0 heterocycles. The Morgan fingerprint density at radius 3 is 2.64 bits per heavy atom. The lowest BCUT2D eigenvalue weighted by molar-refractivity contribution is -0.142. The molecule has 0 saturated carbocycles. The molecule has 2 N–H and O–H groups in total. The molecule has 1 rings (SSSR count). The van der Waals surface area contributed by atoms with Crippen LogP contribution in [0.5, 0.6) is 0 Å². The fourth-order valence-electron chi connectivity index (χ4n) is 1.47. The van der Waals surface area contributed by atoms with Crippen molar-refractivity contribution in [3.05, 3.63) is 35.4 Å². The third kappa shape index (κ3) is 2.12. The van der Waals surface area contributed by atoms with Gasteiger partial charge in [0.1, 0.15) is 0 Å². The number of esters is 1. The van der Waals surface area contributed by atoms with Crippen molar-refractivity contribution >= 4 is 5.97 Å². The van der Waals surface area contributed by atoms with E-state index in [-0.39, 0.29) is 18.4 Å². The number of ether oxygens (including phenoxy) is 1. The average molecular weight is 193 g/mol. The number of nitrogens with two attached hydrogens (primary N) is 1. The topological polar surface area (TPSA) is 52.3 Å². The minimum absolute atomic E-state index is 0.275. The predicted octanol–water partition coefficient (Wildman–Crippen LogP) is 1.21. The van der Waals surface area contributed by atoms with Gasteiger partial charge >= 0.3 is 5.97 Å². The summed E-state index contributed by atoms with van der Waals surface area (Å²) in [5, 5.41) is 0. The van der Waals surface area contributed by atoms with Crippen molar-refractivity contribution in [2.24, 2.45) is 5.73 Å². The predicted molar refractivity (Wildman–Crippen MR) is 55.0 cm³/mol. The van der Waals surface area contributed by atoms with Crippen molar-refractivity contribution in [2.75, 3.05) is 13.7 Å². The first-order valence-electron chi connectivity index (χ1n) is 4.54. The summed E-state index contributed by atoms with van der Waals surface area (Å²) in [7, 11) is 1.38. The van der Waals surface area contributed by atoms with Crippen LogP contribution < -0.4 is 5.73 Å². The molecule has 0 spiro atoms. The lowest BCUT2D eigenvalue weighted by atomic mass is 9.95. The Hall–Kier alpha value is -1.35. The molecule has 0 bridgehead atoms. The van der Waals surface area contributed by atoms with Crippen LogP contribution in [0, 0.1) is 6.92 Å². The van der Waals surface area contributed by atoms with Crippen molar-refractivity contribution in [1.29, 1.82) is 0 Å². The molecule has 14 heavy (non-hydrogen) atoms. The Labute approximate surface area is 83.9 Å². The van der Waals surface area contributed by atoms with Gasteiger partial charge in [-0.2, -0.15) is 0 Å². The Kier molecular flexibility index (Phi) is 3.65. The van der Waals surface area contributed by atoms with Gasteiger partial charge in [-0.1, -0.05) is 24.3 Å². The number of carbonyl (C=O) groups excluding carboxylic acids is 1. The zero-order chi connectivity index (χ0) is 10.6. The summed E-state index contributed by atoms with van der Waals surface area (Å²) >= 11 is 0. The third-order valence-electron chi connectivity index (χ3n) is 2.29. The van der Waals surface area contributed by atoms with Gasteiger partial charge in [-0.05, 0) is 18.1 Å². The molecule has 0 aliphatic rings. The second kappa shape index (κ2) is 4.77. The first-order valence-corrected chi connectivity index (χ1v) is 4.54. The number of carbonyl (C=O) groups is 1. The molecule has 0 fully saturated rings. The van der Waals surface area contributed by atoms with Crippen molar-refractivity contribution in [3.8, 4) is 0 Å². The van der Waals surface area contributed by atoms with Crippen LogP contribution >= 0.6 is 0 Å². The average Bonchev–Trinajstić information content (AvgIpc) is 2.21. The van der Waals surface area contributed by atoms with E-state index in [2.05, 4.69) is 0 Å². The van der Waals surface area contributed by atoms with E-state index in [1.54, 1.807) is 0 Å². The number of benzene rings is 1. The minimum Gasteiger partial charge on any atom is -0.469 e. The Balaban J connectivity index is 3.01. The van der Waals surface area contributed by atoms with Crippen molar-refractivity contribution in [2.45, 2.75) is 12.8 Å². The van der Waals surface area contributed by atoms with Gasteiger partial charge in [0.2, 0.25) is 0 Å². The largest absolute Gasteiger partial charge is 0.469 e. The molecule has 0 amide bonds. The number of hydrogen-bond donors (Lipinski definition) is 1. The molecular weight excluding hydrogens is 178 g/mol. The van der Waals surface area contributed by atoms with Crippen LogP contribution in [0.3, 0.4) is 0 Å². The fraction of sp³-hybridized carbons (Fsp3) is 0.364. The number of aryl methyl sites for hydroxylation is 1. The Bertz CT molecular complexity index is 323. The van der Waals surface area contributed by atoms with Crippen molar-refractivity contribution in [3.63, 3.8) is 0 Å². The van der Waals surface area contributed by atoms with Gasteiger partial charge in [0.05, 0.1) is 13.0 Å². The molecule has 1 aromatic rings. The van der Waals surface area contributed by atoms with Crippen LogP contribution in [0.2, 0.25) is 0 Å². The Morgan fingerprint density at radius 1 is 1.50 bits per heavy atom. The first-order chi connectivity index (χ1) is 6.70. The molecule has 1 aromatic carbocycles. The molecule has 0 saturated heterocycles. The second-order valence-electron chi connectivity index (χ2n) is 3.17. The third-order valence-corrected chi connectivity index (χ3v) is 2.29. The van der Waals surface area contributed by atoms with Crippen LogP contribution in [0.15, 0.2) is 24.3 Å². The van der Waals surface area contributed by atoms with E-state index >= 15 is 0 Å². The summed E-state index contributed by atoms with van der Waals surface area (Å²) in [5.41, 5.74) is 7.56. The van der Waals surface area contributed by atoms with Crippen LogP contribution in [0.1, 0.15) is 17.0 Å². The van der Waals surface area contributed by atoms with E-state index in [0.29, 0.717) is 0 Å². The molecule has 1 unspecified atom stereocenters. The number of hydrogen-bond acceptors (Lipinski definition) is 3. The van der Waals surface area contributed by atoms with Gasteiger partial charge in [-0.3, -0.25) is 4.79 Å². The highest BCUT2D eigenvalue weighted by atomic mass is 16.5. The normalized spacial score (nSPS) is 12.2. The van der Waals surface area contributed by atoms with E-state index in [4.69, 9.17) is 10.5 Å². The Morgan fingerprint density at radius 2 is 2.14 bits per heavy atom. The zero-order valence-electron chi connectivity index (χ0n) is 8.49. The zero-order valence-corrected chi connectivity index (χ0v) is 8.49. The monoisotopic (exact) mass is 193 g/mol. The lowest BCUT2D eigenvalue weighted by Gasteiger charge is -2.14. The molecule has 3 heteroatoms. The van der Waals surface area contributed by atoms with E-state index in [1.807, 2.05) is 31.2 Å². The van der Waals surface area contributed by atoms with Crippen molar-refractivity contribution in [1.82, 2.24) is 0 Å². The summed E-state index contributed by atoms with van der Waals surface area (Å²) in [4.78, 5) is 11.4. The fourth-order valence-corrected chi connectivity index (χ4v) is 1.47. The maximum absolute atomic E-state index is 11.4. The highest BCUT2D eigenvalue weighted by molar-refractivity contribution is 5.78. The van der Waals surface area contributed by atoms with Gasteiger partial charge in [-0.15, -0.1) is 0 Å². The van der Waals surface area contributed by atoms with E-state index in [0.717, 1.165) is 11.1 Å². The van der Waals surface area contributed by atoms with Gasteiger partial charge in [-0.25, -0.2) is 0 Å². The quantitative estimate of drug-likeness (QED) is 0.734. The smallest absolute Gasteiger partial charge is 0.314 e. The molecule has 0 radical (unpaired) electrons. The maximum atomic E-state index is 11.4. The molecule has 0 aromatic heterocycles. The van der Waals surface area contributed by atoms with Crippen LogP contribution in [0.25, 0.3) is 0 Å². The second-order valence-corrected chi connectivity index (χ2v) is 3.17. The van der Waals surface area contributed by atoms with Gasteiger partial charge in [0.15, 0.2) is 0 Å². The van der Waals surface area contributed by atoms with E-state index in [9.17, 15) is 4.79 Å². The van der Waals surface area contributed by atoms with Gasteiger partial charge in [0, 0.05) is 6.54 Å². The molecule has 1 atom stereocenters. The highest BCUT2D eigenvalue weighted by Gasteiger charge is 2.20. The summed E-state index contributed by atoms with van der Waals surface area (Å²) in [6.07, 6.45) is 0. The molecule has 0 aliphatic carbocycles. The SMILES string of the molecule is COC(=O)C(CN)c1ccccc1C. The summed E-state index contributed by atoms with van der Waals surface area (Å²) < 4.78 is 4.69. The van der Waals surface area contributed by atoms with Crippen molar-refractivity contribution < 1.29 is 9.53 Å². The number of methoxy groups -OCH3 is 1. The lowest BCUT2D eigenvalue weighted by Crippen LogP contribution is -2.23. The van der Waals surface area contributed by atoms with Gasteiger partial charge < -0.3 is 10.5 Å². The summed E-state index contributed by atoms with van der Waals surface area (Å²) in [6.45, 7) is 2.23. The molecule has 76 valence electrons. The highest BCUT2D eigenvalue weighted by Crippen LogP contribution is 2.19. The van der Waals surface area contributed by atoms with Gasteiger partial charge in [0.25, 0.3) is 0 Å². The minimum atomic E-state index is -0.346. The summed E-state index contributed by atoms with van der Waals surface area (Å²) in [6, 6.07) is 7.70. The standard InChI is InChI=1S/C11H15NO2/c1-8-5-3-4-6-9(8)10(7-12)11(13)14-2/h3-6,10H,7,12H2,1-2H3. The molecular formula is C11H15NO2. The van der Waals surface area contributed by atoms with E-state index < -0.39 is 0 Å². The first kappa shape index (κ1) is 10.7. The number of rotatable bonds is 3. The van der Waals surface area contributed by atoms with Crippen LogP contribution in [0.4, 0.5) is 0 Å². The maximum Gasteiger partial charge on any atom is 0.314 e. The van der Waals surface area contributed by atoms with E-state index in [1.165, 1.54) is 7.11 Å². The molecule has 3 nitrogen and oxygen atoms in total. The summed E-state index contributed by atoms with van der Waals surface area (Å²) in [5.74, 6) is -0.622. The van der Waals surface area contributed by atoms with Crippen LogP contribution in [-0.2, 0) is 9.53 Å². The van der Waals surface area contributed by atoms with Crippen LogP contribution in [-0.4, -0.2) is 19.6 Å². The molecule has 0 aliphatic heterocycles.